The third-order valence-electron chi connectivity index (χ3n) is 4.25. The topological polar surface area (TPSA) is 83.6 Å². The zero-order valence-corrected chi connectivity index (χ0v) is 14.1. The van der Waals surface area contributed by atoms with Crippen molar-refractivity contribution in [1.82, 2.24) is 20.2 Å². The predicted molar refractivity (Wildman–Crippen MR) is 92.2 cm³/mol. The van der Waals surface area contributed by atoms with Crippen LogP contribution in [0.15, 0.2) is 29.6 Å². The Morgan fingerprint density at radius 1 is 1.36 bits per heavy atom. The Bertz CT molecular complexity index is 902. The molecule has 0 bridgehead atoms. The fraction of sp³-hybridized carbons (Fsp3) is 0.294. The Morgan fingerprint density at radius 3 is 3.00 bits per heavy atom. The van der Waals surface area contributed by atoms with Crippen molar-refractivity contribution < 1.29 is 9.18 Å². The molecule has 6 nitrogen and oxygen atoms in total. The van der Waals surface area contributed by atoms with Crippen LogP contribution in [0, 0.1) is 5.82 Å². The zero-order valence-electron chi connectivity index (χ0n) is 13.3. The van der Waals surface area contributed by atoms with E-state index in [0.29, 0.717) is 18.0 Å². The Balaban J connectivity index is 1.40. The van der Waals surface area contributed by atoms with E-state index >= 15 is 0 Å². The van der Waals surface area contributed by atoms with Crippen LogP contribution in [-0.2, 0) is 6.42 Å². The molecule has 0 unspecified atom stereocenters. The number of benzene rings is 1. The van der Waals surface area contributed by atoms with Gasteiger partial charge in [-0.2, -0.15) is 4.98 Å². The van der Waals surface area contributed by atoms with E-state index in [1.165, 1.54) is 29.9 Å². The normalized spacial score (nSPS) is 14.3. The fourth-order valence-electron chi connectivity index (χ4n) is 2.68. The molecule has 1 aliphatic rings. The number of halogens is 1. The number of carbonyl (C=O) groups is 1. The molecule has 0 spiro atoms. The molecule has 0 atom stereocenters. The van der Waals surface area contributed by atoms with Gasteiger partial charge in [0.05, 0.1) is 5.01 Å². The maximum atomic E-state index is 13.2. The highest BCUT2D eigenvalue weighted by atomic mass is 32.1. The van der Waals surface area contributed by atoms with E-state index in [2.05, 4.69) is 25.5 Å². The smallest absolute Gasteiger partial charge is 0.277 e. The van der Waals surface area contributed by atoms with Gasteiger partial charge < -0.3 is 0 Å². The number of amides is 1. The highest BCUT2D eigenvalue weighted by molar-refractivity contribution is 7.09. The van der Waals surface area contributed by atoms with Crippen LogP contribution in [0.4, 0.5) is 10.3 Å². The number of carbonyl (C=O) groups excluding carboxylic acids is 1. The third-order valence-corrected chi connectivity index (χ3v) is 5.10. The van der Waals surface area contributed by atoms with Crippen molar-refractivity contribution in [2.45, 2.75) is 31.6 Å². The highest BCUT2D eigenvalue weighted by Gasteiger charge is 2.23. The molecule has 128 valence electrons. The van der Waals surface area contributed by atoms with Crippen LogP contribution in [0.1, 0.15) is 52.1 Å². The van der Waals surface area contributed by atoms with E-state index in [4.69, 9.17) is 0 Å². The largest absolute Gasteiger partial charge is 0.288 e. The number of thiazole rings is 1. The van der Waals surface area contributed by atoms with Gasteiger partial charge in [-0.3, -0.25) is 15.2 Å². The van der Waals surface area contributed by atoms with Gasteiger partial charge in [0.15, 0.2) is 0 Å². The van der Waals surface area contributed by atoms with Gasteiger partial charge in [0.25, 0.3) is 5.91 Å². The van der Waals surface area contributed by atoms with Crippen molar-refractivity contribution in [2.75, 3.05) is 5.32 Å². The van der Waals surface area contributed by atoms with Crippen LogP contribution in [0.25, 0.3) is 0 Å². The second-order valence-electron chi connectivity index (χ2n) is 6.06. The fourth-order valence-corrected chi connectivity index (χ4v) is 3.49. The Labute approximate surface area is 147 Å². The molecule has 3 aromatic rings. The Morgan fingerprint density at radius 2 is 2.24 bits per heavy atom. The van der Waals surface area contributed by atoms with Gasteiger partial charge >= 0.3 is 0 Å². The second-order valence-corrected chi connectivity index (χ2v) is 7.00. The monoisotopic (exact) mass is 357 g/mol. The van der Waals surface area contributed by atoms with Gasteiger partial charge in [0.1, 0.15) is 17.3 Å². The molecule has 1 amide bonds. The molecule has 1 saturated carbocycles. The molecule has 2 aromatic heterocycles. The van der Waals surface area contributed by atoms with E-state index in [-0.39, 0.29) is 17.7 Å². The summed E-state index contributed by atoms with van der Waals surface area (Å²) in [6.07, 6.45) is 3.92. The summed E-state index contributed by atoms with van der Waals surface area (Å²) >= 11 is 1.37. The number of aromatic nitrogens is 4. The highest BCUT2D eigenvalue weighted by Crippen LogP contribution is 2.34. The first kappa shape index (κ1) is 15.9. The van der Waals surface area contributed by atoms with Crippen molar-refractivity contribution in [3.05, 3.63) is 57.6 Å². The van der Waals surface area contributed by atoms with E-state index in [9.17, 15) is 9.18 Å². The van der Waals surface area contributed by atoms with Crippen molar-refractivity contribution in [2.24, 2.45) is 0 Å². The van der Waals surface area contributed by atoms with Gasteiger partial charge in [0.2, 0.25) is 5.95 Å². The molecule has 0 saturated heterocycles. The number of aromatic amines is 1. The minimum atomic E-state index is -0.346. The molecule has 1 fully saturated rings. The van der Waals surface area contributed by atoms with Gasteiger partial charge in [-0.15, -0.1) is 16.4 Å². The summed E-state index contributed by atoms with van der Waals surface area (Å²) in [6.45, 7) is 0. The molecule has 1 aliphatic carbocycles. The van der Waals surface area contributed by atoms with Gasteiger partial charge in [0, 0.05) is 17.7 Å². The molecule has 0 radical (unpaired) electrons. The minimum absolute atomic E-state index is 0.270. The lowest BCUT2D eigenvalue weighted by molar-refractivity contribution is 0.102. The summed E-state index contributed by atoms with van der Waals surface area (Å²) in [7, 11) is 0. The zero-order chi connectivity index (χ0) is 17.2. The third kappa shape index (κ3) is 3.58. The van der Waals surface area contributed by atoms with Crippen molar-refractivity contribution >= 4 is 23.2 Å². The summed E-state index contributed by atoms with van der Waals surface area (Å²) in [5, 5.41) is 12.0. The van der Waals surface area contributed by atoms with Crippen LogP contribution in [-0.4, -0.2) is 26.1 Å². The first-order valence-corrected chi connectivity index (χ1v) is 8.98. The molecule has 4 rings (SSSR count). The predicted octanol–water partition coefficient (Wildman–Crippen LogP) is 3.51. The standard InChI is InChI=1S/C17H16FN5OS/c18-12-6-1-3-10(7-12)8-14-19-13(9-25-14)16(24)21-17-20-15(22-23-17)11-4-2-5-11/h1,3,6-7,9,11H,2,4-5,8H2,(H2,20,21,22,23,24). The van der Waals surface area contributed by atoms with E-state index < -0.39 is 0 Å². The van der Waals surface area contributed by atoms with Crippen molar-refractivity contribution in [3.8, 4) is 0 Å². The maximum Gasteiger partial charge on any atom is 0.277 e. The lowest BCUT2D eigenvalue weighted by Gasteiger charge is -2.22. The summed E-state index contributed by atoms with van der Waals surface area (Å²) in [6, 6.07) is 6.37. The van der Waals surface area contributed by atoms with Crippen LogP contribution in [0.3, 0.4) is 0 Å². The molecule has 25 heavy (non-hydrogen) atoms. The molecule has 2 heterocycles. The van der Waals surface area contributed by atoms with Gasteiger partial charge in [-0.1, -0.05) is 18.6 Å². The van der Waals surface area contributed by atoms with Gasteiger partial charge in [-0.05, 0) is 30.5 Å². The summed E-state index contributed by atoms with van der Waals surface area (Å²) in [4.78, 5) is 20.9. The maximum absolute atomic E-state index is 13.2. The molecule has 0 aliphatic heterocycles. The molecular weight excluding hydrogens is 341 g/mol. The Hall–Kier alpha value is -2.61. The average molecular weight is 357 g/mol. The van der Waals surface area contributed by atoms with Crippen LogP contribution in [0.2, 0.25) is 0 Å². The van der Waals surface area contributed by atoms with Gasteiger partial charge in [-0.25, -0.2) is 9.37 Å². The van der Waals surface area contributed by atoms with E-state index in [1.54, 1.807) is 11.4 Å². The summed E-state index contributed by atoms with van der Waals surface area (Å²) < 4.78 is 13.2. The van der Waals surface area contributed by atoms with E-state index in [0.717, 1.165) is 29.2 Å². The number of hydrogen-bond donors (Lipinski definition) is 2. The van der Waals surface area contributed by atoms with Crippen LogP contribution in [0.5, 0.6) is 0 Å². The van der Waals surface area contributed by atoms with Crippen LogP contribution < -0.4 is 5.32 Å². The quantitative estimate of drug-likeness (QED) is 0.732. The number of nitrogens with one attached hydrogen (secondary N) is 2. The number of H-pyrrole nitrogens is 1. The summed E-state index contributed by atoms with van der Waals surface area (Å²) in [5.41, 5.74) is 1.13. The summed E-state index contributed by atoms with van der Waals surface area (Å²) in [5.74, 6) is 0.897. The first-order chi connectivity index (χ1) is 12.2. The van der Waals surface area contributed by atoms with Crippen LogP contribution >= 0.6 is 11.3 Å². The number of rotatable bonds is 5. The average Bonchev–Trinajstić information content (AvgIpc) is 3.16. The molecular formula is C17H16FN5OS. The van der Waals surface area contributed by atoms with E-state index in [1.807, 2.05) is 6.07 Å². The van der Waals surface area contributed by atoms with Crippen molar-refractivity contribution in [1.29, 1.82) is 0 Å². The lowest BCUT2D eigenvalue weighted by Crippen LogP contribution is -2.14. The molecule has 2 N–H and O–H groups in total. The second kappa shape index (κ2) is 6.72. The number of nitrogens with zero attached hydrogens (tertiary/aromatic N) is 3. The SMILES string of the molecule is O=C(Nc1n[nH]c(C2CCC2)n1)c1csc(Cc2cccc(F)c2)n1. The Kier molecular flexibility index (Phi) is 4.27. The first-order valence-electron chi connectivity index (χ1n) is 8.10. The molecule has 1 aromatic carbocycles. The van der Waals surface area contributed by atoms with Crippen molar-refractivity contribution in [3.63, 3.8) is 0 Å². The minimum Gasteiger partial charge on any atom is -0.288 e. The number of hydrogen-bond acceptors (Lipinski definition) is 5. The lowest BCUT2D eigenvalue weighted by atomic mass is 9.85. The molecule has 8 heteroatoms. The number of anilines is 1.